The molecule has 138 valence electrons. The molecule has 1 aliphatic heterocycles. The second kappa shape index (κ2) is 7.59. The third-order valence-corrected chi connectivity index (χ3v) is 6.58. The van der Waals surface area contributed by atoms with E-state index < -0.39 is 10.0 Å². The van der Waals surface area contributed by atoms with Crippen molar-refractivity contribution < 1.29 is 17.9 Å². The average Bonchev–Trinajstić information content (AvgIpc) is 2.75. The largest absolute Gasteiger partial charge is 0.492 e. The molecule has 8 heteroatoms. The SMILES string of the molecule is CCOc1ccccc1NS(=O)(=O)c1ccc2c(c1)NC(=O)[C@H](C)CS2. The zero-order chi connectivity index (χ0) is 18.7. The van der Waals surface area contributed by atoms with Crippen LogP contribution in [0, 0.1) is 5.92 Å². The van der Waals surface area contributed by atoms with Crippen LogP contribution >= 0.6 is 11.8 Å². The Morgan fingerprint density at radius 3 is 2.81 bits per heavy atom. The quantitative estimate of drug-likeness (QED) is 0.813. The smallest absolute Gasteiger partial charge is 0.262 e. The maximum Gasteiger partial charge on any atom is 0.262 e. The molecule has 1 heterocycles. The van der Waals surface area contributed by atoms with E-state index >= 15 is 0 Å². The van der Waals surface area contributed by atoms with E-state index in [0.29, 0.717) is 29.5 Å². The second-order valence-electron chi connectivity index (χ2n) is 5.89. The second-order valence-corrected chi connectivity index (χ2v) is 8.64. The summed E-state index contributed by atoms with van der Waals surface area (Å²) in [4.78, 5) is 13.0. The van der Waals surface area contributed by atoms with Crippen molar-refractivity contribution in [2.75, 3.05) is 22.4 Å². The number of nitrogens with one attached hydrogen (secondary N) is 2. The lowest BCUT2D eigenvalue weighted by Gasteiger charge is -2.14. The van der Waals surface area contributed by atoms with E-state index in [1.165, 1.54) is 17.8 Å². The Morgan fingerprint density at radius 1 is 1.27 bits per heavy atom. The predicted molar refractivity (Wildman–Crippen MR) is 103 cm³/mol. The minimum atomic E-state index is -3.82. The summed E-state index contributed by atoms with van der Waals surface area (Å²) in [6, 6.07) is 11.6. The molecule has 2 N–H and O–H groups in total. The van der Waals surface area contributed by atoms with Crippen LogP contribution in [-0.2, 0) is 14.8 Å². The normalized spacial score (nSPS) is 17.0. The minimum Gasteiger partial charge on any atom is -0.492 e. The summed E-state index contributed by atoms with van der Waals surface area (Å²) in [5.74, 6) is 0.875. The maximum atomic E-state index is 12.8. The maximum absolute atomic E-state index is 12.8. The van der Waals surface area contributed by atoms with Crippen molar-refractivity contribution in [1.29, 1.82) is 0 Å². The van der Waals surface area contributed by atoms with Crippen molar-refractivity contribution in [1.82, 2.24) is 0 Å². The molecule has 0 saturated carbocycles. The number of amides is 1. The first kappa shape index (κ1) is 18.6. The van der Waals surface area contributed by atoms with Gasteiger partial charge in [0.2, 0.25) is 5.91 Å². The molecule has 2 aromatic rings. The number of hydrogen-bond donors (Lipinski definition) is 2. The number of anilines is 2. The van der Waals surface area contributed by atoms with Crippen LogP contribution in [0.4, 0.5) is 11.4 Å². The van der Waals surface area contributed by atoms with Crippen molar-refractivity contribution in [3.05, 3.63) is 42.5 Å². The van der Waals surface area contributed by atoms with Crippen LogP contribution in [0.2, 0.25) is 0 Å². The third-order valence-electron chi connectivity index (χ3n) is 3.89. The van der Waals surface area contributed by atoms with Crippen LogP contribution in [-0.4, -0.2) is 26.7 Å². The fourth-order valence-electron chi connectivity index (χ4n) is 2.48. The number of carbonyl (C=O) groups is 1. The average molecular weight is 393 g/mol. The molecule has 0 aromatic heterocycles. The van der Waals surface area contributed by atoms with Crippen LogP contribution < -0.4 is 14.8 Å². The van der Waals surface area contributed by atoms with Crippen molar-refractivity contribution in [3.63, 3.8) is 0 Å². The zero-order valence-electron chi connectivity index (χ0n) is 14.5. The molecule has 6 nitrogen and oxygen atoms in total. The molecule has 0 saturated heterocycles. The molecule has 0 unspecified atom stereocenters. The molecule has 2 aromatic carbocycles. The molecule has 0 fully saturated rings. The molecule has 26 heavy (non-hydrogen) atoms. The molecule has 3 rings (SSSR count). The first-order valence-corrected chi connectivity index (χ1v) is 10.7. The lowest BCUT2D eigenvalue weighted by atomic mass is 10.2. The van der Waals surface area contributed by atoms with Gasteiger partial charge in [-0.15, -0.1) is 11.8 Å². The molecule has 0 bridgehead atoms. The summed E-state index contributed by atoms with van der Waals surface area (Å²) < 4.78 is 33.6. The molecule has 1 amide bonds. The number of sulfonamides is 1. The van der Waals surface area contributed by atoms with Gasteiger partial charge in [0.15, 0.2) is 0 Å². The van der Waals surface area contributed by atoms with E-state index in [-0.39, 0.29) is 16.7 Å². The van der Waals surface area contributed by atoms with Crippen molar-refractivity contribution in [2.24, 2.45) is 5.92 Å². The van der Waals surface area contributed by atoms with Crippen LogP contribution in [0.15, 0.2) is 52.3 Å². The number of benzene rings is 2. The summed E-state index contributed by atoms with van der Waals surface area (Å²) in [7, 11) is -3.82. The summed E-state index contributed by atoms with van der Waals surface area (Å²) in [5, 5.41) is 2.80. The van der Waals surface area contributed by atoms with Gasteiger partial charge in [0.25, 0.3) is 10.0 Å². The fraction of sp³-hybridized carbons (Fsp3) is 0.278. The fourth-order valence-corrected chi connectivity index (χ4v) is 4.59. The molecule has 0 radical (unpaired) electrons. The van der Waals surface area contributed by atoms with Crippen molar-refractivity contribution in [3.8, 4) is 5.75 Å². The Morgan fingerprint density at radius 2 is 2.04 bits per heavy atom. The van der Waals surface area contributed by atoms with E-state index in [1.807, 2.05) is 13.8 Å². The van der Waals surface area contributed by atoms with E-state index in [9.17, 15) is 13.2 Å². The van der Waals surface area contributed by atoms with Gasteiger partial charge in [-0.2, -0.15) is 0 Å². The Balaban J connectivity index is 1.92. The molecule has 0 aliphatic carbocycles. The van der Waals surface area contributed by atoms with Gasteiger partial charge in [0, 0.05) is 16.6 Å². The highest BCUT2D eigenvalue weighted by Crippen LogP contribution is 2.35. The molecule has 1 aliphatic rings. The van der Waals surface area contributed by atoms with E-state index in [1.54, 1.807) is 36.4 Å². The predicted octanol–water partition coefficient (Wildman–Crippen LogP) is 3.57. The lowest BCUT2D eigenvalue weighted by Crippen LogP contribution is -2.20. The van der Waals surface area contributed by atoms with Crippen LogP contribution in [0.1, 0.15) is 13.8 Å². The topological polar surface area (TPSA) is 84.5 Å². The van der Waals surface area contributed by atoms with E-state index in [0.717, 1.165) is 4.90 Å². The lowest BCUT2D eigenvalue weighted by molar-refractivity contribution is -0.118. The summed E-state index contributed by atoms with van der Waals surface area (Å²) >= 11 is 1.54. The molecular formula is C18H20N2O4S2. The number of carbonyl (C=O) groups excluding carboxylic acids is 1. The molecule has 0 spiro atoms. The molecular weight excluding hydrogens is 372 g/mol. The van der Waals surface area contributed by atoms with Crippen LogP contribution in [0.3, 0.4) is 0 Å². The number of rotatable bonds is 5. The highest BCUT2D eigenvalue weighted by Gasteiger charge is 2.23. The van der Waals surface area contributed by atoms with E-state index in [2.05, 4.69) is 10.0 Å². The summed E-state index contributed by atoms with van der Waals surface area (Å²) in [6.45, 7) is 4.11. The van der Waals surface area contributed by atoms with Gasteiger partial charge in [-0.25, -0.2) is 8.42 Å². The zero-order valence-corrected chi connectivity index (χ0v) is 16.1. The first-order chi connectivity index (χ1) is 12.4. The van der Waals surface area contributed by atoms with Crippen LogP contribution in [0.5, 0.6) is 5.75 Å². The van der Waals surface area contributed by atoms with Crippen LogP contribution in [0.25, 0.3) is 0 Å². The third kappa shape index (κ3) is 3.96. The first-order valence-electron chi connectivity index (χ1n) is 8.23. The summed E-state index contributed by atoms with van der Waals surface area (Å²) in [5.41, 5.74) is 0.890. The minimum absolute atomic E-state index is 0.0815. The van der Waals surface area contributed by atoms with Gasteiger partial charge in [-0.05, 0) is 37.3 Å². The Labute approximate surface area is 157 Å². The Hall–Kier alpha value is -2.19. The number of thioether (sulfide) groups is 1. The highest BCUT2D eigenvalue weighted by atomic mass is 32.2. The van der Waals surface area contributed by atoms with Gasteiger partial charge in [0.1, 0.15) is 5.75 Å². The van der Waals surface area contributed by atoms with Gasteiger partial charge in [-0.3, -0.25) is 9.52 Å². The number of para-hydroxylation sites is 2. The van der Waals surface area contributed by atoms with Gasteiger partial charge < -0.3 is 10.1 Å². The monoisotopic (exact) mass is 392 g/mol. The van der Waals surface area contributed by atoms with E-state index in [4.69, 9.17) is 4.74 Å². The van der Waals surface area contributed by atoms with Gasteiger partial charge >= 0.3 is 0 Å². The van der Waals surface area contributed by atoms with Crippen molar-refractivity contribution in [2.45, 2.75) is 23.6 Å². The Bertz CT molecular complexity index is 929. The standard InChI is InChI=1S/C18H20N2O4S2/c1-3-24-16-7-5-4-6-14(16)20-26(22,23)13-8-9-17-15(10-13)19-18(21)12(2)11-25-17/h4-10,12,20H,3,11H2,1-2H3,(H,19,21)/t12-/m1/s1. The van der Waals surface area contributed by atoms with Gasteiger partial charge in [-0.1, -0.05) is 19.1 Å². The van der Waals surface area contributed by atoms with Crippen molar-refractivity contribution >= 4 is 39.1 Å². The number of ether oxygens (including phenoxy) is 1. The molecule has 1 atom stereocenters. The number of hydrogen-bond acceptors (Lipinski definition) is 5. The highest BCUT2D eigenvalue weighted by molar-refractivity contribution is 7.99. The Kier molecular flexibility index (Phi) is 5.43. The number of fused-ring (bicyclic) bond motifs is 1. The summed E-state index contributed by atoms with van der Waals surface area (Å²) in [6.07, 6.45) is 0. The van der Waals surface area contributed by atoms with Gasteiger partial charge in [0.05, 0.1) is 22.9 Å².